The molecule has 0 saturated carbocycles. The van der Waals surface area contributed by atoms with E-state index < -0.39 is 0 Å². The predicted molar refractivity (Wildman–Crippen MR) is 82.0 cm³/mol. The Hall–Kier alpha value is -1.65. The minimum Gasteiger partial charge on any atom is -0.392 e. The largest absolute Gasteiger partial charge is 0.392 e. The van der Waals surface area contributed by atoms with Crippen LogP contribution >= 0.6 is 0 Å². The molecular weight excluding hydrogens is 250 g/mol. The first-order chi connectivity index (χ1) is 9.78. The standard InChI is InChI=1S/C16H21N3O/c1-18-7-4-8-19(10-9-18)16-11-13(12-20)14-5-2-3-6-15(14)17-16/h2-3,5-6,11,20H,4,7-10,12H2,1H3. The number of aromatic nitrogens is 1. The Morgan fingerprint density at radius 3 is 2.85 bits per heavy atom. The molecule has 4 nitrogen and oxygen atoms in total. The van der Waals surface area contributed by atoms with Crippen molar-refractivity contribution in [3.05, 3.63) is 35.9 Å². The van der Waals surface area contributed by atoms with Crippen molar-refractivity contribution in [2.45, 2.75) is 13.0 Å². The Morgan fingerprint density at radius 1 is 1.15 bits per heavy atom. The highest BCUT2D eigenvalue weighted by Crippen LogP contribution is 2.23. The van der Waals surface area contributed by atoms with Gasteiger partial charge in [0.05, 0.1) is 12.1 Å². The molecule has 4 heteroatoms. The maximum Gasteiger partial charge on any atom is 0.129 e. The Bertz CT molecular complexity index is 599. The van der Waals surface area contributed by atoms with Crippen LogP contribution in [0.15, 0.2) is 30.3 Å². The summed E-state index contributed by atoms with van der Waals surface area (Å²) >= 11 is 0. The fourth-order valence-electron chi connectivity index (χ4n) is 2.80. The minimum atomic E-state index is 0.0593. The van der Waals surface area contributed by atoms with Crippen LogP contribution in [-0.4, -0.2) is 48.2 Å². The van der Waals surface area contributed by atoms with Gasteiger partial charge in [0.25, 0.3) is 0 Å². The molecule has 0 amide bonds. The number of hydrogen-bond acceptors (Lipinski definition) is 4. The molecule has 1 aromatic heterocycles. The normalized spacial score (nSPS) is 17.4. The lowest BCUT2D eigenvalue weighted by Gasteiger charge is -2.22. The molecule has 1 fully saturated rings. The lowest BCUT2D eigenvalue weighted by Crippen LogP contribution is -2.29. The summed E-state index contributed by atoms with van der Waals surface area (Å²) in [4.78, 5) is 9.45. The Kier molecular flexibility index (Phi) is 3.85. The zero-order valence-electron chi connectivity index (χ0n) is 11.9. The van der Waals surface area contributed by atoms with Crippen molar-refractivity contribution in [2.24, 2.45) is 0 Å². The molecule has 1 aromatic carbocycles. The number of aliphatic hydroxyl groups excluding tert-OH is 1. The molecule has 2 aromatic rings. The van der Waals surface area contributed by atoms with Crippen molar-refractivity contribution in [1.82, 2.24) is 9.88 Å². The van der Waals surface area contributed by atoms with E-state index in [0.717, 1.165) is 54.9 Å². The third kappa shape index (κ3) is 2.62. The number of pyridine rings is 1. The van der Waals surface area contributed by atoms with E-state index >= 15 is 0 Å². The van der Waals surface area contributed by atoms with Crippen LogP contribution in [0.25, 0.3) is 10.9 Å². The highest BCUT2D eigenvalue weighted by atomic mass is 16.3. The number of likely N-dealkylation sites (N-methyl/N-ethyl adjacent to an activating group) is 1. The van der Waals surface area contributed by atoms with Gasteiger partial charge in [0, 0.05) is 25.0 Å². The first-order valence-electron chi connectivity index (χ1n) is 7.21. The third-order valence-corrected chi connectivity index (χ3v) is 4.00. The summed E-state index contributed by atoms with van der Waals surface area (Å²) in [5, 5.41) is 10.6. The molecule has 106 valence electrons. The average molecular weight is 271 g/mol. The van der Waals surface area contributed by atoms with E-state index in [1.165, 1.54) is 0 Å². The second-order valence-electron chi connectivity index (χ2n) is 5.46. The van der Waals surface area contributed by atoms with E-state index in [1.807, 2.05) is 30.3 Å². The van der Waals surface area contributed by atoms with Crippen LogP contribution in [0.4, 0.5) is 5.82 Å². The van der Waals surface area contributed by atoms with E-state index in [2.05, 4.69) is 16.8 Å². The molecule has 0 aliphatic carbocycles. The van der Waals surface area contributed by atoms with E-state index in [9.17, 15) is 5.11 Å². The van der Waals surface area contributed by atoms with Crippen LogP contribution in [0.1, 0.15) is 12.0 Å². The molecule has 1 N–H and O–H groups in total. The van der Waals surface area contributed by atoms with Gasteiger partial charge in [0.2, 0.25) is 0 Å². The molecule has 0 atom stereocenters. The molecular formula is C16H21N3O. The van der Waals surface area contributed by atoms with Crippen LogP contribution in [-0.2, 0) is 6.61 Å². The number of aliphatic hydroxyl groups is 1. The average Bonchev–Trinajstić information content (AvgIpc) is 2.71. The second-order valence-corrected chi connectivity index (χ2v) is 5.46. The smallest absolute Gasteiger partial charge is 0.129 e. The summed E-state index contributed by atoms with van der Waals surface area (Å²) in [7, 11) is 2.16. The fourth-order valence-corrected chi connectivity index (χ4v) is 2.80. The van der Waals surface area contributed by atoms with Gasteiger partial charge in [-0.2, -0.15) is 0 Å². The zero-order chi connectivity index (χ0) is 13.9. The number of fused-ring (bicyclic) bond motifs is 1. The van der Waals surface area contributed by atoms with E-state index in [0.29, 0.717) is 0 Å². The van der Waals surface area contributed by atoms with Crippen molar-refractivity contribution in [3.63, 3.8) is 0 Å². The monoisotopic (exact) mass is 271 g/mol. The number of para-hydroxylation sites is 1. The van der Waals surface area contributed by atoms with Crippen LogP contribution in [0.5, 0.6) is 0 Å². The number of anilines is 1. The summed E-state index contributed by atoms with van der Waals surface area (Å²) in [6.07, 6.45) is 1.15. The van der Waals surface area contributed by atoms with Gasteiger partial charge in [-0.15, -0.1) is 0 Å². The predicted octanol–water partition coefficient (Wildman–Crippen LogP) is 1.87. The molecule has 0 spiro atoms. The van der Waals surface area contributed by atoms with Crippen LogP contribution in [0.2, 0.25) is 0 Å². The van der Waals surface area contributed by atoms with Gasteiger partial charge >= 0.3 is 0 Å². The highest BCUT2D eigenvalue weighted by molar-refractivity contribution is 5.84. The molecule has 20 heavy (non-hydrogen) atoms. The molecule has 1 saturated heterocycles. The molecule has 3 rings (SSSR count). The van der Waals surface area contributed by atoms with Gasteiger partial charge in [-0.05, 0) is 37.7 Å². The summed E-state index contributed by atoms with van der Waals surface area (Å²) in [6, 6.07) is 10.1. The SMILES string of the molecule is CN1CCCN(c2cc(CO)c3ccccc3n2)CC1. The Morgan fingerprint density at radius 2 is 2.00 bits per heavy atom. The zero-order valence-corrected chi connectivity index (χ0v) is 11.9. The fraction of sp³-hybridized carbons (Fsp3) is 0.438. The Balaban J connectivity index is 1.98. The third-order valence-electron chi connectivity index (χ3n) is 4.00. The molecule has 0 bridgehead atoms. The first-order valence-corrected chi connectivity index (χ1v) is 7.21. The number of nitrogens with zero attached hydrogens (tertiary/aromatic N) is 3. The maximum absolute atomic E-state index is 9.60. The lowest BCUT2D eigenvalue weighted by atomic mass is 10.1. The van der Waals surface area contributed by atoms with Crippen molar-refractivity contribution < 1.29 is 5.11 Å². The minimum absolute atomic E-state index is 0.0593. The van der Waals surface area contributed by atoms with Crippen LogP contribution in [0.3, 0.4) is 0 Å². The number of hydrogen-bond donors (Lipinski definition) is 1. The summed E-state index contributed by atoms with van der Waals surface area (Å²) in [6.45, 7) is 4.27. The van der Waals surface area contributed by atoms with Crippen LogP contribution < -0.4 is 4.90 Å². The number of rotatable bonds is 2. The Labute approximate surface area is 119 Å². The van der Waals surface area contributed by atoms with Crippen LogP contribution in [0, 0.1) is 0 Å². The maximum atomic E-state index is 9.60. The first kappa shape index (κ1) is 13.3. The second kappa shape index (κ2) is 5.77. The lowest BCUT2D eigenvalue weighted by molar-refractivity contribution is 0.283. The number of benzene rings is 1. The summed E-state index contributed by atoms with van der Waals surface area (Å²) in [5.74, 6) is 0.989. The topological polar surface area (TPSA) is 39.6 Å². The quantitative estimate of drug-likeness (QED) is 0.905. The molecule has 1 aliphatic rings. The van der Waals surface area contributed by atoms with Gasteiger partial charge in [-0.3, -0.25) is 0 Å². The van der Waals surface area contributed by atoms with E-state index in [4.69, 9.17) is 4.98 Å². The molecule has 0 radical (unpaired) electrons. The van der Waals surface area contributed by atoms with Crippen molar-refractivity contribution >= 4 is 16.7 Å². The molecule has 2 heterocycles. The summed E-state index contributed by atoms with van der Waals surface area (Å²) in [5.41, 5.74) is 1.93. The van der Waals surface area contributed by atoms with Crippen molar-refractivity contribution in [2.75, 3.05) is 38.1 Å². The van der Waals surface area contributed by atoms with E-state index in [-0.39, 0.29) is 6.61 Å². The highest BCUT2D eigenvalue weighted by Gasteiger charge is 2.15. The van der Waals surface area contributed by atoms with Gasteiger partial charge in [-0.1, -0.05) is 18.2 Å². The van der Waals surface area contributed by atoms with Crippen molar-refractivity contribution in [1.29, 1.82) is 0 Å². The van der Waals surface area contributed by atoms with Gasteiger partial charge in [-0.25, -0.2) is 4.98 Å². The van der Waals surface area contributed by atoms with E-state index in [1.54, 1.807) is 0 Å². The van der Waals surface area contributed by atoms with Gasteiger partial charge < -0.3 is 14.9 Å². The molecule has 0 unspecified atom stereocenters. The van der Waals surface area contributed by atoms with Gasteiger partial charge in [0.1, 0.15) is 5.82 Å². The van der Waals surface area contributed by atoms with Gasteiger partial charge in [0.15, 0.2) is 0 Å². The molecule has 1 aliphatic heterocycles. The summed E-state index contributed by atoms with van der Waals surface area (Å²) < 4.78 is 0. The van der Waals surface area contributed by atoms with Crippen molar-refractivity contribution in [3.8, 4) is 0 Å².